The monoisotopic (exact) mass is 358 g/mol. The minimum Gasteiger partial charge on any atom is -0.271 e. The Balaban J connectivity index is 1.57. The molecule has 2 aromatic carbocycles. The molecular weight excluding hydrogens is 328 g/mol. The Morgan fingerprint density at radius 2 is 1.41 bits per heavy atom. The fourth-order valence-corrected chi connectivity index (χ4v) is 4.53. The molecule has 1 aliphatic rings. The van der Waals surface area contributed by atoms with Crippen molar-refractivity contribution in [3.63, 3.8) is 0 Å². The predicted octanol–water partition coefficient (Wildman–Crippen LogP) is 6.82. The summed E-state index contributed by atoms with van der Waals surface area (Å²) in [6.07, 6.45) is 10.5. The summed E-state index contributed by atoms with van der Waals surface area (Å²) in [7, 11) is 0. The molecule has 1 fully saturated rings. The van der Waals surface area contributed by atoms with Gasteiger partial charge in [-0.3, -0.25) is 4.68 Å². The van der Waals surface area contributed by atoms with Crippen LogP contribution in [-0.4, -0.2) is 9.78 Å². The average Bonchev–Trinajstić information content (AvgIpc) is 3.15. The van der Waals surface area contributed by atoms with Gasteiger partial charge in [0.05, 0.1) is 0 Å². The van der Waals surface area contributed by atoms with Crippen molar-refractivity contribution in [2.24, 2.45) is 11.8 Å². The quantitative estimate of drug-likeness (QED) is 0.472. The van der Waals surface area contributed by atoms with Crippen LogP contribution in [0.4, 0.5) is 0 Å². The van der Waals surface area contributed by atoms with E-state index in [2.05, 4.69) is 78.5 Å². The highest BCUT2D eigenvalue weighted by atomic mass is 15.3. The van der Waals surface area contributed by atoms with Crippen LogP contribution in [0, 0.1) is 11.8 Å². The van der Waals surface area contributed by atoms with E-state index in [-0.39, 0.29) is 0 Å². The maximum atomic E-state index is 5.02. The molecule has 140 valence electrons. The van der Waals surface area contributed by atoms with Crippen LogP contribution in [0.2, 0.25) is 0 Å². The van der Waals surface area contributed by atoms with Crippen LogP contribution in [-0.2, 0) is 6.54 Å². The summed E-state index contributed by atoms with van der Waals surface area (Å²) < 4.78 is 2.20. The minimum absolute atomic E-state index is 0.769. The van der Waals surface area contributed by atoms with Crippen molar-refractivity contribution in [3.8, 4) is 22.4 Å². The van der Waals surface area contributed by atoms with Gasteiger partial charge in [-0.1, -0.05) is 93.3 Å². The van der Waals surface area contributed by atoms with Gasteiger partial charge in [-0.05, 0) is 30.2 Å². The molecular formula is C25H30N2. The van der Waals surface area contributed by atoms with E-state index in [0.717, 1.165) is 24.1 Å². The maximum absolute atomic E-state index is 5.02. The molecule has 0 bridgehead atoms. The molecule has 0 aliphatic heterocycles. The molecule has 1 aliphatic carbocycles. The molecule has 0 atom stereocenters. The Hall–Kier alpha value is -2.35. The summed E-state index contributed by atoms with van der Waals surface area (Å²) in [6, 6.07) is 21.2. The van der Waals surface area contributed by atoms with E-state index in [1.165, 1.54) is 55.2 Å². The molecule has 0 saturated heterocycles. The third-order valence-corrected chi connectivity index (χ3v) is 6.00. The average molecular weight is 359 g/mol. The summed E-state index contributed by atoms with van der Waals surface area (Å²) in [6.45, 7) is 3.36. The summed E-state index contributed by atoms with van der Waals surface area (Å²) in [5.74, 6) is 1.73. The molecule has 0 unspecified atom stereocenters. The standard InChI is InChI=1S/C25H30N2/c1-2-9-20-14-16-21(17-15-20)18-27-19-24(22-10-5-3-6-11-22)25(26-27)23-12-7-4-8-13-23/h3-8,10-13,19-21H,2,9,14-18H2,1H3. The van der Waals surface area contributed by atoms with E-state index in [1.54, 1.807) is 0 Å². The van der Waals surface area contributed by atoms with Crippen molar-refractivity contribution >= 4 is 0 Å². The Morgan fingerprint density at radius 3 is 2.04 bits per heavy atom. The maximum Gasteiger partial charge on any atom is 0.100 e. The van der Waals surface area contributed by atoms with Crippen LogP contribution in [0.15, 0.2) is 66.9 Å². The second kappa shape index (κ2) is 8.56. The zero-order valence-corrected chi connectivity index (χ0v) is 16.3. The van der Waals surface area contributed by atoms with E-state index in [1.807, 2.05) is 0 Å². The van der Waals surface area contributed by atoms with Gasteiger partial charge >= 0.3 is 0 Å². The van der Waals surface area contributed by atoms with Crippen molar-refractivity contribution in [3.05, 3.63) is 66.9 Å². The van der Waals surface area contributed by atoms with Crippen molar-refractivity contribution in [1.82, 2.24) is 9.78 Å². The lowest BCUT2D eigenvalue weighted by atomic mass is 9.80. The molecule has 0 N–H and O–H groups in total. The van der Waals surface area contributed by atoms with Crippen LogP contribution >= 0.6 is 0 Å². The number of hydrogen-bond acceptors (Lipinski definition) is 1. The number of aromatic nitrogens is 2. The first-order valence-electron chi connectivity index (χ1n) is 10.5. The van der Waals surface area contributed by atoms with E-state index in [4.69, 9.17) is 5.10 Å². The fourth-order valence-electron chi connectivity index (χ4n) is 4.53. The molecule has 0 radical (unpaired) electrons. The smallest absolute Gasteiger partial charge is 0.100 e. The SMILES string of the molecule is CCCC1CCC(Cn2cc(-c3ccccc3)c(-c3ccccc3)n2)CC1. The summed E-state index contributed by atoms with van der Waals surface area (Å²) in [5, 5.41) is 5.02. The van der Waals surface area contributed by atoms with Crippen molar-refractivity contribution in [2.45, 2.75) is 52.0 Å². The van der Waals surface area contributed by atoms with Gasteiger partial charge in [0.2, 0.25) is 0 Å². The number of nitrogens with zero attached hydrogens (tertiary/aromatic N) is 2. The van der Waals surface area contributed by atoms with Gasteiger partial charge < -0.3 is 0 Å². The van der Waals surface area contributed by atoms with Crippen LogP contribution in [0.25, 0.3) is 22.4 Å². The lowest BCUT2D eigenvalue weighted by Crippen LogP contribution is -2.19. The van der Waals surface area contributed by atoms with Gasteiger partial charge in [-0.2, -0.15) is 5.10 Å². The molecule has 1 aromatic heterocycles. The first-order chi connectivity index (χ1) is 13.3. The third-order valence-electron chi connectivity index (χ3n) is 6.00. The lowest BCUT2D eigenvalue weighted by Gasteiger charge is -2.28. The van der Waals surface area contributed by atoms with Gasteiger partial charge in [0.25, 0.3) is 0 Å². The predicted molar refractivity (Wildman–Crippen MR) is 113 cm³/mol. The second-order valence-corrected chi connectivity index (χ2v) is 8.02. The molecule has 2 nitrogen and oxygen atoms in total. The Morgan fingerprint density at radius 1 is 0.815 bits per heavy atom. The molecule has 27 heavy (non-hydrogen) atoms. The first-order valence-corrected chi connectivity index (χ1v) is 10.5. The highest BCUT2D eigenvalue weighted by Crippen LogP contribution is 2.34. The highest BCUT2D eigenvalue weighted by molar-refractivity contribution is 5.80. The molecule has 0 amide bonds. The molecule has 3 aromatic rings. The Kier molecular flexibility index (Phi) is 5.72. The normalized spacial score (nSPS) is 19.9. The third kappa shape index (κ3) is 4.32. The number of hydrogen-bond donors (Lipinski definition) is 0. The zero-order chi connectivity index (χ0) is 18.5. The van der Waals surface area contributed by atoms with E-state index in [0.29, 0.717) is 0 Å². The number of rotatable bonds is 6. The van der Waals surface area contributed by atoms with Crippen molar-refractivity contribution in [1.29, 1.82) is 0 Å². The van der Waals surface area contributed by atoms with Crippen LogP contribution in [0.5, 0.6) is 0 Å². The summed E-state index contributed by atoms with van der Waals surface area (Å²) >= 11 is 0. The largest absolute Gasteiger partial charge is 0.271 e. The summed E-state index contributed by atoms with van der Waals surface area (Å²) in [4.78, 5) is 0. The van der Waals surface area contributed by atoms with E-state index < -0.39 is 0 Å². The zero-order valence-electron chi connectivity index (χ0n) is 16.3. The molecule has 0 spiro atoms. The molecule has 1 saturated carbocycles. The number of benzene rings is 2. The van der Waals surface area contributed by atoms with Crippen molar-refractivity contribution < 1.29 is 0 Å². The van der Waals surface area contributed by atoms with Gasteiger partial charge in [0.1, 0.15) is 5.69 Å². The topological polar surface area (TPSA) is 17.8 Å². The van der Waals surface area contributed by atoms with E-state index >= 15 is 0 Å². The van der Waals surface area contributed by atoms with E-state index in [9.17, 15) is 0 Å². The Labute approximate surface area is 163 Å². The highest BCUT2D eigenvalue weighted by Gasteiger charge is 2.22. The molecule has 4 rings (SSSR count). The van der Waals surface area contributed by atoms with Crippen LogP contribution in [0.1, 0.15) is 45.4 Å². The fraction of sp³-hybridized carbons (Fsp3) is 0.400. The first kappa shape index (κ1) is 18.0. The lowest BCUT2D eigenvalue weighted by molar-refractivity contribution is 0.236. The van der Waals surface area contributed by atoms with Gasteiger partial charge in [0, 0.05) is 23.9 Å². The van der Waals surface area contributed by atoms with Gasteiger partial charge in [0.15, 0.2) is 0 Å². The second-order valence-electron chi connectivity index (χ2n) is 8.02. The molecule has 2 heteroatoms. The summed E-state index contributed by atoms with van der Waals surface area (Å²) in [5.41, 5.74) is 4.78. The molecule has 1 heterocycles. The Bertz CT molecular complexity index is 770. The van der Waals surface area contributed by atoms with Crippen molar-refractivity contribution in [2.75, 3.05) is 0 Å². The van der Waals surface area contributed by atoms with Gasteiger partial charge in [-0.25, -0.2) is 0 Å². The minimum atomic E-state index is 0.769. The van der Waals surface area contributed by atoms with Crippen LogP contribution < -0.4 is 0 Å². The van der Waals surface area contributed by atoms with Gasteiger partial charge in [-0.15, -0.1) is 0 Å². The van der Waals surface area contributed by atoms with Crippen LogP contribution in [0.3, 0.4) is 0 Å².